The Hall–Kier alpha value is -3.17. The Morgan fingerprint density at radius 1 is 1.40 bits per heavy atom. The van der Waals surface area contributed by atoms with Crippen LogP contribution in [0.25, 0.3) is 11.3 Å². The number of carbonyl (C=O) groups excluding carboxylic acids is 1. The second-order valence-corrected chi connectivity index (χ2v) is 8.96. The maximum Gasteiger partial charge on any atom is 0.270 e. The van der Waals surface area contributed by atoms with Crippen LogP contribution in [-0.4, -0.2) is 53.6 Å². The summed E-state index contributed by atoms with van der Waals surface area (Å²) in [4.78, 5) is 24.2. The maximum atomic E-state index is 14.9. The summed E-state index contributed by atoms with van der Waals surface area (Å²) in [6.07, 6.45) is 3.04. The third-order valence-electron chi connectivity index (χ3n) is 6.04. The highest BCUT2D eigenvalue weighted by Crippen LogP contribution is 2.22. The molecule has 1 fully saturated rings. The van der Waals surface area contributed by atoms with Gasteiger partial charge in [0.25, 0.3) is 5.91 Å². The molecular weight excluding hydrogens is 466 g/mol. The first kappa shape index (κ1) is 24.9. The molecule has 1 radical (unpaired) electrons. The smallest absolute Gasteiger partial charge is 0.270 e. The van der Waals surface area contributed by atoms with E-state index in [1.807, 2.05) is 33.2 Å². The molecule has 7 nitrogen and oxygen atoms in total. The number of nitrogens with one attached hydrogen (secondary N) is 2. The lowest BCUT2D eigenvalue weighted by molar-refractivity contribution is 0.0944. The minimum atomic E-state index is -0.432. The summed E-state index contributed by atoms with van der Waals surface area (Å²) in [7, 11) is 3.90. The van der Waals surface area contributed by atoms with Gasteiger partial charge in [-0.15, -0.1) is 0 Å². The van der Waals surface area contributed by atoms with Crippen molar-refractivity contribution < 1.29 is 9.18 Å². The second kappa shape index (κ2) is 10.6. The largest absolute Gasteiger partial charge is 0.362 e. The number of nitrogens with zero attached hydrogens (tertiary/aromatic N) is 4. The van der Waals surface area contributed by atoms with Crippen LogP contribution in [0.2, 0.25) is 11.3 Å². The monoisotopic (exact) mass is 493 g/mol. The molecule has 0 atom stereocenters. The van der Waals surface area contributed by atoms with Crippen LogP contribution >= 0.6 is 11.6 Å². The molecule has 0 spiro atoms. The molecular formula is C25H28BClFN6O. The number of hydrogen-bond acceptors (Lipinski definition) is 4. The van der Waals surface area contributed by atoms with Crippen molar-refractivity contribution in [1.82, 2.24) is 24.8 Å². The van der Waals surface area contributed by atoms with Crippen molar-refractivity contribution in [3.63, 3.8) is 0 Å². The molecule has 1 aromatic carbocycles. The van der Waals surface area contributed by atoms with Crippen molar-refractivity contribution in [2.24, 2.45) is 4.99 Å². The Morgan fingerprint density at radius 3 is 2.94 bits per heavy atom. The van der Waals surface area contributed by atoms with Gasteiger partial charge in [0.05, 0.1) is 17.2 Å². The van der Waals surface area contributed by atoms with E-state index in [0.717, 1.165) is 24.5 Å². The number of aliphatic imine (C=N–C) groups is 1. The lowest BCUT2D eigenvalue weighted by Gasteiger charge is -2.18. The number of amides is 1. The van der Waals surface area contributed by atoms with E-state index in [4.69, 9.17) is 11.6 Å². The van der Waals surface area contributed by atoms with Crippen molar-refractivity contribution in [2.75, 3.05) is 20.1 Å². The first-order valence-corrected chi connectivity index (χ1v) is 11.9. The summed E-state index contributed by atoms with van der Waals surface area (Å²) >= 11 is 6.22. The molecule has 35 heavy (non-hydrogen) atoms. The van der Waals surface area contributed by atoms with Gasteiger partial charge in [0.15, 0.2) is 0 Å². The lowest BCUT2D eigenvalue weighted by atomic mass is 9.89. The average molecular weight is 494 g/mol. The normalized spacial score (nSPS) is 15.2. The Bertz CT molecular complexity index is 1320. The predicted molar refractivity (Wildman–Crippen MR) is 140 cm³/mol. The van der Waals surface area contributed by atoms with Crippen LogP contribution in [0.5, 0.6) is 0 Å². The van der Waals surface area contributed by atoms with Gasteiger partial charge in [-0.3, -0.25) is 9.20 Å². The number of rotatable bonds is 6. The highest BCUT2D eigenvalue weighted by Gasteiger charge is 2.19. The van der Waals surface area contributed by atoms with E-state index < -0.39 is 5.82 Å². The van der Waals surface area contributed by atoms with Crippen LogP contribution in [0.15, 0.2) is 42.0 Å². The third-order valence-corrected chi connectivity index (χ3v) is 6.45. The first-order chi connectivity index (χ1) is 16.8. The number of pyridine rings is 1. The fraction of sp³-hybridized carbons (Fsp3) is 0.320. The van der Waals surface area contributed by atoms with Crippen molar-refractivity contribution in [1.29, 1.82) is 0 Å². The van der Waals surface area contributed by atoms with E-state index in [2.05, 4.69) is 27.1 Å². The molecule has 3 aromatic rings. The molecule has 1 saturated heterocycles. The molecule has 3 heterocycles. The fourth-order valence-electron chi connectivity index (χ4n) is 4.00. The number of fused-ring (bicyclic) bond motifs is 1. The number of imidazole rings is 1. The summed E-state index contributed by atoms with van der Waals surface area (Å²) in [5.74, 6) is 0.114. The number of aromatic nitrogens is 2. The van der Waals surface area contributed by atoms with Gasteiger partial charge in [0.1, 0.15) is 17.2 Å². The molecule has 181 valence electrons. The van der Waals surface area contributed by atoms with Crippen LogP contribution in [0.1, 0.15) is 39.8 Å². The number of benzene rings is 1. The predicted octanol–water partition coefficient (Wildman–Crippen LogP) is 3.87. The molecule has 1 aliphatic heterocycles. The van der Waals surface area contributed by atoms with E-state index >= 15 is 0 Å². The molecule has 2 aromatic heterocycles. The molecule has 1 aliphatic rings. The number of carbonyl (C=O) groups is 1. The van der Waals surface area contributed by atoms with Crippen molar-refractivity contribution in [3.05, 3.63) is 76.0 Å². The SMILES string of the molecule is C=C(N=C1C[B]NCCN1C)c1ccc(CNC(=O)c2c(CC)nc3cc(Cl)c(C)cn23)cc1F. The summed E-state index contributed by atoms with van der Waals surface area (Å²) in [6, 6.07) is 6.58. The molecule has 4 rings (SSSR count). The third kappa shape index (κ3) is 5.41. The Kier molecular flexibility index (Phi) is 7.57. The Balaban J connectivity index is 1.49. The van der Waals surface area contributed by atoms with E-state index in [-0.39, 0.29) is 12.5 Å². The zero-order chi connectivity index (χ0) is 25.1. The number of likely N-dealkylation sites (N-methyl/N-ethyl adjacent to an activating group) is 1. The summed E-state index contributed by atoms with van der Waals surface area (Å²) in [5.41, 5.74) is 3.93. The highest BCUT2D eigenvalue weighted by molar-refractivity contribution is 6.39. The molecule has 10 heteroatoms. The summed E-state index contributed by atoms with van der Waals surface area (Å²) in [5, 5.41) is 6.68. The first-order valence-electron chi connectivity index (χ1n) is 11.5. The Labute approximate surface area is 210 Å². The van der Waals surface area contributed by atoms with Gasteiger partial charge in [-0.2, -0.15) is 0 Å². The number of hydrogen-bond donors (Lipinski definition) is 2. The van der Waals surface area contributed by atoms with Crippen LogP contribution in [0.3, 0.4) is 0 Å². The van der Waals surface area contributed by atoms with Crippen LogP contribution in [0, 0.1) is 12.7 Å². The standard InChI is InChI=1S/C25H28BClFN6O/c1-5-21-24(34-14-15(2)19(27)11-22(34)32-21)25(35)29-13-17-6-7-18(20(28)10-17)16(3)31-23-12-26-30-8-9-33(23)4/h6-7,10-11,14,30H,3,5,8-9,12-13H2,1-2,4H3,(H,29,35). The van der Waals surface area contributed by atoms with E-state index in [1.54, 1.807) is 28.8 Å². The number of amidine groups is 1. The van der Waals surface area contributed by atoms with Crippen molar-refractivity contribution in [3.8, 4) is 0 Å². The molecule has 1 amide bonds. The molecule has 0 unspecified atom stereocenters. The van der Waals surface area contributed by atoms with E-state index in [0.29, 0.717) is 51.6 Å². The minimum absolute atomic E-state index is 0.170. The fourth-order valence-corrected chi connectivity index (χ4v) is 4.15. The summed E-state index contributed by atoms with van der Waals surface area (Å²) in [6.45, 7) is 9.60. The van der Waals surface area contributed by atoms with Gasteiger partial charge in [-0.1, -0.05) is 31.2 Å². The zero-order valence-electron chi connectivity index (χ0n) is 20.2. The highest BCUT2D eigenvalue weighted by atomic mass is 35.5. The topological polar surface area (TPSA) is 74.0 Å². The quantitative estimate of drug-likeness (QED) is 0.511. The van der Waals surface area contributed by atoms with E-state index in [1.165, 1.54) is 6.07 Å². The minimum Gasteiger partial charge on any atom is -0.362 e. The Morgan fingerprint density at radius 2 is 2.20 bits per heavy atom. The van der Waals surface area contributed by atoms with E-state index in [9.17, 15) is 9.18 Å². The van der Waals surface area contributed by atoms with Crippen molar-refractivity contribution >= 4 is 42.1 Å². The van der Waals surface area contributed by atoms with Crippen LogP contribution in [-0.2, 0) is 13.0 Å². The molecule has 0 bridgehead atoms. The molecule has 0 saturated carbocycles. The van der Waals surface area contributed by atoms with Gasteiger partial charge < -0.3 is 15.4 Å². The van der Waals surface area contributed by atoms with Crippen LogP contribution in [0.4, 0.5) is 4.39 Å². The number of halogens is 2. The van der Waals surface area contributed by atoms with Gasteiger partial charge in [-0.05, 0) is 42.9 Å². The summed E-state index contributed by atoms with van der Waals surface area (Å²) < 4.78 is 16.7. The maximum absolute atomic E-state index is 14.9. The zero-order valence-corrected chi connectivity index (χ0v) is 20.9. The van der Waals surface area contributed by atoms with Crippen LogP contribution < -0.4 is 10.5 Å². The van der Waals surface area contributed by atoms with Crippen molar-refractivity contribution in [2.45, 2.75) is 33.1 Å². The molecule has 2 N–H and O–H groups in total. The second-order valence-electron chi connectivity index (χ2n) is 8.55. The lowest BCUT2D eigenvalue weighted by Crippen LogP contribution is -2.28. The van der Waals surface area contributed by atoms with Gasteiger partial charge in [-0.25, -0.2) is 14.4 Å². The average Bonchev–Trinajstić information content (AvgIpc) is 3.05. The number of aryl methyl sites for hydroxylation is 2. The van der Waals surface area contributed by atoms with Gasteiger partial charge in [0.2, 0.25) is 7.41 Å². The van der Waals surface area contributed by atoms with Gasteiger partial charge in [0, 0.05) is 49.5 Å². The molecule has 0 aliphatic carbocycles. The van der Waals surface area contributed by atoms with Gasteiger partial charge >= 0.3 is 0 Å².